The highest BCUT2D eigenvalue weighted by Crippen LogP contribution is 2.19. The topological polar surface area (TPSA) is 40.5 Å². The summed E-state index contributed by atoms with van der Waals surface area (Å²) in [6.07, 6.45) is -1.54. The van der Waals surface area contributed by atoms with E-state index >= 15 is 0 Å². The number of aliphatic hydroxyl groups is 2. The zero-order chi connectivity index (χ0) is 9.72. The molecule has 74 valence electrons. The summed E-state index contributed by atoms with van der Waals surface area (Å²) in [5.41, 5.74) is 0. The van der Waals surface area contributed by atoms with Crippen molar-refractivity contribution >= 4 is 63.7 Å². The molecule has 2 nitrogen and oxygen atoms in total. The van der Waals surface area contributed by atoms with Gasteiger partial charge in [0, 0.05) is 10.7 Å². The molecule has 12 heavy (non-hydrogen) atoms. The first-order valence-electron chi connectivity index (χ1n) is 3.30. The van der Waals surface area contributed by atoms with Gasteiger partial charge in [-0.25, -0.2) is 0 Å². The van der Waals surface area contributed by atoms with E-state index in [1.54, 1.807) is 0 Å². The van der Waals surface area contributed by atoms with Crippen LogP contribution >= 0.6 is 63.7 Å². The Morgan fingerprint density at radius 3 is 1.25 bits per heavy atom. The Kier molecular flexibility index (Phi) is 8.27. The van der Waals surface area contributed by atoms with E-state index < -0.39 is 12.2 Å². The van der Waals surface area contributed by atoms with Gasteiger partial charge in [-0.15, -0.1) is 0 Å². The SMILES string of the molecule is O[C@H]([C@H](O)[C@H](Br)CBr)[C@H](Br)CBr. The van der Waals surface area contributed by atoms with Gasteiger partial charge >= 0.3 is 0 Å². The van der Waals surface area contributed by atoms with Crippen LogP contribution in [-0.4, -0.2) is 42.7 Å². The van der Waals surface area contributed by atoms with E-state index in [4.69, 9.17) is 0 Å². The summed E-state index contributed by atoms with van der Waals surface area (Å²) in [5, 5.41) is 20.2. The minimum atomic E-state index is -0.772. The molecule has 0 fully saturated rings. The van der Waals surface area contributed by atoms with Gasteiger partial charge in [-0.1, -0.05) is 63.7 Å². The van der Waals surface area contributed by atoms with Crippen LogP contribution in [0.5, 0.6) is 0 Å². The Morgan fingerprint density at radius 1 is 0.833 bits per heavy atom. The summed E-state index contributed by atoms with van der Waals surface area (Å²) >= 11 is 12.9. The highest BCUT2D eigenvalue weighted by molar-refractivity contribution is 9.12. The molecule has 0 aromatic carbocycles. The molecule has 0 aliphatic heterocycles. The number of aliphatic hydroxyl groups excluding tert-OH is 2. The molecule has 0 aliphatic rings. The zero-order valence-corrected chi connectivity index (χ0v) is 12.5. The summed E-state index contributed by atoms with van der Waals surface area (Å²) in [4.78, 5) is -0.266. The molecule has 0 amide bonds. The fourth-order valence-corrected chi connectivity index (χ4v) is 2.00. The molecule has 0 saturated heterocycles. The summed E-state index contributed by atoms with van der Waals surface area (Å²) in [5.74, 6) is 0. The highest BCUT2D eigenvalue weighted by Gasteiger charge is 2.28. The smallest absolute Gasteiger partial charge is 0.0943 e. The molecule has 0 saturated carbocycles. The van der Waals surface area contributed by atoms with Gasteiger partial charge < -0.3 is 10.2 Å². The van der Waals surface area contributed by atoms with Crippen molar-refractivity contribution in [3.8, 4) is 0 Å². The van der Waals surface area contributed by atoms with Gasteiger partial charge in [-0.05, 0) is 0 Å². The van der Waals surface area contributed by atoms with Crippen molar-refractivity contribution in [2.45, 2.75) is 21.9 Å². The van der Waals surface area contributed by atoms with Gasteiger partial charge in [-0.3, -0.25) is 0 Å². The third kappa shape index (κ3) is 4.37. The summed E-state index contributed by atoms with van der Waals surface area (Å²) in [7, 11) is 0. The average molecular weight is 434 g/mol. The van der Waals surface area contributed by atoms with E-state index in [1.165, 1.54) is 0 Å². The first kappa shape index (κ1) is 13.8. The summed E-state index contributed by atoms with van der Waals surface area (Å²) in [6.45, 7) is 0. The number of hydrogen-bond donors (Lipinski definition) is 2. The molecular weight excluding hydrogens is 424 g/mol. The van der Waals surface area contributed by atoms with E-state index in [9.17, 15) is 10.2 Å². The van der Waals surface area contributed by atoms with Gasteiger partial charge in [0.05, 0.1) is 21.9 Å². The molecule has 0 rings (SSSR count). The molecule has 4 atom stereocenters. The summed E-state index contributed by atoms with van der Waals surface area (Å²) in [6, 6.07) is 0. The second kappa shape index (κ2) is 7.17. The van der Waals surface area contributed by atoms with Crippen molar-refractivity contribution in [1.29, 1.82) is 0 Å². The maximum atomic E-state index is 9.51. The largest absolute Gasteiger partial charge is 0.389 e. The van der Waals surface area contributed by atoms with Crippen LogP contribution in [0.4, 0.5) is 0 Å². The van der Waals surface area contributed by atoms with Gasteiger partial charge in [0.15, 0.2) is 0 Å². The second-order valence-electron chi connectivity index (χ2n) is 2.32. The Balaban J connectivity index is 3.99. The molecule has 0 aliphatic carbocycles. The molecule has 6 heteroatoms. The third-order valence-electron chi connectivity index (χ3n) is 1.39. The molecule has 0 heterocycles. The number of alkyl halides is 4. The quantitative estimate of drug-likeness (QED) is 0.651. The Hall–Kier alpha value is 1.84. The lowest BCUT2D eigenvalue weighted by Gasteiger charge is -2.24. The minimum absolute atomic E-state index is 0.133. The van der Waals surface area contributed by atoms with E-state index in [2.05, 4.69) is 63.7 Å². The van der Waals surface area contributed by atoms with Crippen molar-refractivity contribution in [2.75, 3.05) is 10.7 Å². The fourth-order valence-electron chi connectivity index (χ4n) is 0.610. The van der Waals surface area contributed by atoms with Crippen molar-refractivity contribution < 1.29 is 10.2 Å². The molecule has 0 spiro atoms. The molecular formula is C6H10Br4O2. The van der Waals surface area contributed by atoms with Crippen LogP contribution in [0.2, 0.25) is 0 Å². The first-order valence-corrected chi connectivity index (χ1v) is 7.38. The Bertz CT molecular complexity index is 110. The number of halogens is 4. The Morgan fingerprint density at radius 2 is 1.08 bits per heavy atom. The zero-order valence-electron chi connectivity index (χ0n) is 6.13. The van der Waals surface area contributed by atoms with Crippen LogP contribution in [0.1, 0.15) is 0 Å². The third-order valence-corrected chi connectivity index (χ3v) is 6.25. The summed E-state index contributed by atoms with van der Waals surface area (Å²) < 4.78 is 0. The van der Waals surface area contributed by atoms with Crippen LogP contribution in [0.3, 0.4) is 0 Å². The van der Waals surface area contributed by atoms with E-state index in [0.717, 1.165) is 0 Å². The average Bonchev–Trinajstić information content (AvgIpc) is 2.12. The van der Waals surface area contributed by atoms with Crippen LogP contribution in [0, 0.1) is 0 Å². The molecule has 0 unspecified atom stereocenters. The van der Waals surface area contributed by atoms with Gasteiger partial charge in [0.2, 0.25) is 0 Å². The van der Waals surface area contributed by atoms with Crippen LogP contribution in [0.25, 0.3) is 0 Å². The molecule has 2 N–H and O–H groups in total. The lowest BCUT2D eigenvalue weighted by molar-refractivity contribution is 0.0263. The van der Waals surface area contributed by atoms with Gasteiger partial charge in [0.25, 0.3) is 0 Å². The lowest BCUT2D eigenvalue weighted by atomic mass is 10.1. The monoisotopic (exact) mass is 430 g/mol. The van der Waals surface area contributed by atoms with E-state index in [0.29, 0.717) is 10.7 Å². The maximum absolute atomic E-state index is 9.51. The second-order valence-corrected chi connectivity index (χ2v) is 5.97. The molecule has 0 radical (unpaired) electrons. The standard InChI is InChI=1S/C6H10Br4O2/c7-1-3(9)5(11)6(12)4(10)2-8/h3-6,11-12H,1-2H2/t3-,4-,5-,6+/m1/s1. The normalized spacial score (nSPS) is 21.5. The van der Waals surface area contributed by atoms with E-state index in [1.807, 2.05) is 0 Å². The predicted octanol–water partition coefficient (Wildman–Crippen LogP) is 2.02. The van der Waals surface area contributed by atoms with Crippen LogP contribution in [0.15, 0.2) is 0 Å². The lowest BCUT2D eigenvalue weighted by Crippen LogP contribution is -2.41. The Labute approximate surface area is 106 Å². The molecule has 0 aromatic heterocycles. The van der Waals surface area contributed by atoms with Crippen molar-refractivity contribution in [3.63, 3.8) is 0 Å². The molecule has 0 aromatic rings. The van der Waals surface area contributed by atoms with Crippen molar-refractivity contribution in [3.05, 3.63) is 0 Å². The first-order chi connectivity index (χ1) is 5.54. The highest BCUT2D eigenvalue weighted by atomic mass is 79.9. The maximum Gasteiger partial charge on any atom is 0.0943 e. The fraction of sp³-hybridized carbons (Fsp3) is 1.00. The molecule has 0 bridgehead atoms. The predicted molar refractivity (Wildman–Crippen MR) is 65.0 cm³/mol. The minimum Gasteiger partial charge on any atom is -0.389 e. The van der Waals surface area contributed by atoms with Crippen molar-refractivity contribution in [2.24, 2.45) is 0 Å². The van der Waals surface area contributed by atoms with Crippen molar-refractivity contribution in [1.82, 2.24) is 0 Å². The van der Waals surface area contributed by atoms with E-state index in [-0.39, 0.29) is 9.65 Å². The number of rotatable bonds is 5. The van der Waals surface area contributed by atoms with Gasteiger partial charge in [-0.2, -0.15) is 0 Å². The number of hydrogen-bond acceptors (Lipinski definition) is 2. The van der Waals surface area contributed by atoms with Gasteiger partial charge in [0.1, 0.15) is 0 Å². The van der Waals surface area contributed by atoms with Crippen LogP contribution in [-0.2, 0) is 0 Å². The van der Waals surface area contributed by atoms with Crippen LogP contribution < -0.4 is 0 Å².